The molecular weight excluding hydrogens is 384 g/mol. The van der Waals surface area contributed by atoms with Crippen LogP contribution in [0.2, 0.25) is 0 Å². The summed E-state index contributed by atoms with van der Waals surface area (Å²) in [6, 6.07) is 17.7. The largest absolute Gasteiger partial charge is 0.294 e. The lowest BCUT2D eigenvalue weighted by Gasteiger charge is -2.28. The third kappa shape index (κ3) is 4.18. The van der Waals surface area contributed by atoms with Crippen molar-refractivity contribution >= 4 is 0 Å². The highest BCUT2D eigenvalue weighted by Gasteiger charge is 2.19. The minimum absolute atomic E-state index is 0.643. The highest BCUT2D eigenvalue weighted by molar-refractivity contribution is 5.61. The van der Waals surface area contributed by atoms with Crippen LogP contribution in [0, 0.1) is 11.3 Å². The third-order valence-corrected chi connectivity index (χ3v) is 5.45. The Morgan fingerprint density at radius 2 is 1.90 bits per heavy atom. The van der Waals surface area contributed by atoms with E-state index in [2.05, 4.69) is 32.0 Å². The predicted octanol–water partition coefficient (Wildman–Crippen LogP) is 4.03. The summed E-state index contributed by atoms with van der Waals surface area (Å²) in [4.78, 5) is 20.5. The van der Waals surface area contributed by atoms with Crippen LogP contribution in [-0.2, 0) is 19.5 Å². The fraction of sp³-hybridized carbons (Fsp3) is 0.160. The van der Waals surface area contributed by atoms with Gasteiger partial charge in [-0.15, -0.1) is 0 Å². The van der Waals surface area contributed by atoms with Crippen molar-refractivity contribution in [2.75, 3.05) is 6.54 Å². The van der Waals surface area contributed by atoms with E-state index >= 15 is 0 Å². The molecule has 4 aromatic rings. The second-order valence-electron chi connectivity index (χ2n) is 7.61. The number of hydrogen-bond acceptors (Lipinski definition) is 6. The number of benzene rings is 1. The van der Waals surface area contributed by atoms with Crippen LogP contribution in [0.15, 0.2) is 73.3 Å². The van der Waals surface area contributed by atoms with Crippen molar-refractivity contribution < 1.29 is 0 Å². The summed E-state index contributed by atoms with van der Waals surface area (Å²) in [5.74, 6) is 0.737. The van der Waals surface area contributed by atoms with Crippen molar-refractivity contribution in [2.45, 2.75) is 19.5 Å². The molecule has 31 heavy (non-hydrogen) atoms. The van der Waals surface area contributed by atoms with Gasteiger partial charge in [0.05, 0.1) is 23.0 Å². The van der Waals surface area contributed by atoms with E-state index in [1.165, 1.54) is 5.56 Å². The number of pyridine rings is 2. The van der Waals surface area contributed by atoms with Gasteiger partial charge in [0.25, 0.3) is 0 Å². The molecule has 0 aliphatic carbocycles. The first-order valence-electron chi connectivity index (χ1n) is 10.2. The molecule has 0 unspecified atom stereocenters. The van der Waals surface area contributed by atoms with Gasteiger partial charge in [-0.3, -0.25) is 14.9 Å². The molecule has 6 nitrogen and oxygen atoms in total. The number of rotatable bonds is 4. The van der Waals surface area contributed by atoms with Gasteiger partial charge in [-0.05, 0) is 35.9 Å². The molecule has 6 heteroatoms. The lowest BCUT2D eigenvalue weighted by atomic mass is 10.1. The molecule has 1 aliphatic rings. The van der Waals surface area contributed by atoms with Gasteiger partial charge in [-0.2, -0.15) is 5.26 Å². The van der Waals surface area contributed by atoms with Crippen molar-refractivity contribution in [3.63, 3.8) is 0 Å². The van der Waals surface area contributed by atoms with Crippen LogP contribution in [0.5, 0.6) is 0 Å². The Bertz CT molecular complexity index is 1250. The second-order valence-corrected chi connectivity index (χ2v) is 7.61. The van der Waals surface area contributed by atoms with E-state index in [0.29, 0.717) is 5.56 Å². The van der Waals surface area contributed by atoms with Crippen LogP contribution in [0.25, 0.3) is 22.6 Å². The SMILES string of the molecule is N#Cc1cccc(-c2ccc(CN3CCc4nc(-c5cccnc5)ncc4C3)cn2)c1. The van der Waals surface area contributed by atoms with Gasteiger partial charge in [-0.1, -0.05) is 18.2 Å². The first-order chi connectivity index (χ1) is 15.3. The van der Waals surface area contributed by atoms with Crippen LogP contribution in [0.4, 0.5) is 0 Å². The quantitative estimate of drug-likeness (QED) is 0.511. The topological polar surface area (TPSA) is 78.6 Å². The van der Waals surface area contributed by atoms with E-state index in [1.807, 2.05) is 48.8 Å². The van der Waals surface area contributed by atoms with E-state index < -0.39 is 0 Å². The number of nitriles is 1. The van der Waals surface area contributed by atoms with Crippen molar-refractivity contribution in [3.8, 4) is 28.7 Å². The standard InChI is InChI=1S/C25H20N6/c26-12-18-3-1-4-20(11-18)23-7-6-19(13-28-23)16-31-10-8-24-22(17-31)15-29-25(30-24)21-5-2-9-27-14-21/h1-7,9,11,13-15H,8,10,16-17H2. The summed E-state index contributed by atoms with van der Waals surface area (Å²) < 4.78 is 0. The van der Waals surface area contributed by atoms with Gasteiger partial charge in [0.1, 0.15) is 0 Å². The van der Waals surface area contributed by atoms with Gasteiger partial charge in [0.2, 0.25) is 0 Å². The molecule has 0 radical (unpaired) electrons. The van der Waals surface area contributed by atoms with Crippen molar-refractivity contribution in [1.29, 1.82) is 5.26 Å². The van der Waals surface area contributed by atoms with E-state index in [-0.39, 0.29) is 0 Å². The molecule has 0 saturated carbocycles. The summed E-state index contributed by atoms with van der Waals surface area (Å²) in [5.41, 5.74) is 6.88. The number of aromatic nitrogens is 4. The fourth-order valence-corrected chi connectivity index (χ4v) is 3.84. The molecule has 0 amide bonds. The van der Waals surface area contributed by atoms with Gasteiger partial charge >= 0.3 is 0 Å². The minimum Gasteiger partial charge on any atom is -0.294 e. The maximum atomic E-state index is 9.09. The van der Waals surface area contributed by atoms with Crippen LogP contribution < -0.4 is 0 Å². The van der Waals surface area contributed by atoms with E-state index in [4.69, 9.17) is 10.2 Å². The Morgan fingerprint density at radius 1 is 0.968 bits per heavy atom. The van der Waals surface area contributed by atoms with E-state index in [0.717, 1.165) is 60.0 Å². The third-order valence-electron chi connectivity index (χ3n) is 5.45. The first kappa shape index (κ1) is 19.0. The molecule has 3 aromatic heterocycles. The monoisotopic (exact) mass is 404 g/mol. The minimum atomic E-state index is 0.643. The molecule has 0 bridgehead atoms. The Balaban J connectivity index is 1.27. The molecule has 0 saturated heterocycles. The number of nitrogens with zero attached hydrogens (tertiary/aromatic N) is 6. The van der Waals surface area contributed by atoms with E-state index in [9.17, 15) is 0 Å². The molecule has 5 rings (SSSR count). The predicted molar refractivity (Wildman–Crippen MR) is 117 cm³/mol. The zero-order valence-corrected chi connectivity index (χ0v) is 16.9. The van der Waals surface area contributed by atoms with Crippen LogP contribution in [-0.4, -0.2) is 31.4 Å². The first-order valence-corrected chi connectivity index (χ1v) is 10.2. The smallest absolute Gasteiger partial charge is 0.160 e. The summed E-state index contributed by atoms with van der Waals surface area (Å²) >= 11 is 0. The number of fused-ring (bicyclic) bond motifs is 1. The summed E-state index contributed by atoms with van der Waals surface area (Å²) in [6.07, 6.45) is 8.32. The maximum absolute atomic E-state index is 9.09. The fourth-order valence-electron chi connectivity index (χ4n) is 3.84. The van der Waals surface area contributed by atoms with Gasteiger partial charge < -0.3 is 0 Å². The van der Waals surface area contributed by atoms with Crippen LogP contribution in [0.1, 0.15) is 22.4 Å². The second kappa shape index (κ2) is 8.42. The lowest BCUT2D eigenvalue weighted by molar-refractivity contribution is 0.242. The van der Waals surface area contributed by atoms with Crippen molar-refractivity contribution in [1.82, 2.24) is 24.8 Å². The summed E-state index contributed by atoms with van der Waals surface area (Å²) in [5, 5.41) is 9.09. The number of hydrogen-bond donors (Lipinski definition) is 0. The zero-order valence-electron chi connectivity index (χ0n) is 16.9. The summed E-state index contributed by atoms with van der Waals surface area (Å²) in [7, 11) is 0. The Kier molecular flexibility index (Phi) is 5.17. The van der Waals surface area contributed by atoms with Gasteiger partial charge in [0.15, 0.2) is 5.82 Å². The molecule has 0 N–H and O–H groups in total. The Labute approximate surface area is 180 Å². The lowest BCUT2D eigenvalue weighted by Crippen LogP contribution is -2.31. The Morgan fingerprint density at radius 3 is 2.71 bits per heavy atom. The zero-order chi connectivity index (χ0) is 21.0. The van der Waals surface area contributed by atoms with Gasteiger partial charge in [-0.25, -0.2) is 9.97 Å². The normalized spacial score (nSPS) is 13.4. The molecule has 0 atom stereocenters. The molecule has 0 fully saturated rings. The molecule has 1 aromatic carbocycles. The van der Waals surface area contributed by atoms with Crippen LogP contribution in [0.3, 0.4) is 0 Å². The Hall–Kier alpha value is -3.95. The van der Waals surface area contributed by atoms with Crippen LogP contribution >= 0.6 is 0 Å². The van der Waals surface area contributed by atoms with Crippen molar-refractivity contribution in [2.24, 2.45) is 0 Å². The average Bonchev–Trinajstić information content (AvgIpc) is 2.85. The maximum Gasteiger partial charge on any atom is 0.160 e. The molecule has 1 aliphatic heterocycles. The van der Waals surface area contributed by atoms with Gasteiger partial charge in [0, 0.05) is 67.5 Å². The van der Waals surface area contributed by atoms with Crippen molar-refractivity contribution in [3.05, 3.63) is 95.7 Å². The highest BCUT2D eigenvalue weighted by Crippen LogP contribution is 2.23. The average molecular weight is 404 g/mol. The highest BCUT2D eigenvalue weighted by atomic mass is 15.1. The molecule has 0 spiro atoms. The summed E-state index contributed by atoms with van der Waals surface area (Å²) in [6.45, 7) is 2.60. The molecule has 4 heterocycles. The molecular formula is C25H20N6. The molecule has 150 valence electrons. The van der Waals surface area contributed by atoms with E-state index in [1.54, 1.807) is 18.5 Å².